The number of pyridine rings is 1. The molecule has 36 heavy (non-hydrogen) atoms. The largest absolute Gasteiger partial charge is 0.497 e. The Morgan fingerprint density at radius 1 is 0.917 bits per heavy atom. The zero-order valence-corrected chi connectivity index (χ0v) is 21.5. The number of rotatable bonds is 7. The molecule has 0 aliphatic carbocycles. The number of nitrogens with one attached hydrogen (secondary N) is 2. The third-order valence-electron chi connectivity index (χ3n) is 6.46. The number of nitrogens with zero attached hydrogens (tertiary/aromatic N) is 3. The zero-order chi connectivity index (χ0) is 25.5. The Balaban J connectivity index is 1.32. The molecule has 0 atom stereocenters. The molecule has 190 valence electrons. The van der Waals surface area contributed by atoms with Gasteiger partial charge in [0, 0.05) is 44.5 Å². The first-order valence-electron chi connectivity index (χ1n) is 12.2. The van der Waals surface area contributed by atoms with Crippen LogP contribution in [0, 0.1) is 13.8 Å². The maximum Gasteiger partial charge on any atom is 0.323 e. The molecule has 0 saturated carbocycles. The van der Waals surface area contributed by atoms with Crippen molar-refractivity contribution < 1.29 is 14.3 Å². The second kappa shape index (κ2) is 11.8. The molecule has 2 amide bonds. The third-order valence-corrected chi connectivity index (χ3v) is 6.46. The number of aryl methyl sites for hydroxylation is 2. The minimum absolute atomic E-state index is 0.276. The van der Waals surface area contributed by atoms with Gasteiger partial charge in [0.15, 0.2) is 0 Å². The fourth-order valence-electron chi connectivity index (χ4n) is 4.51. The number of hydrogen-bond donors (Lipinski definition) is 2. The lowest BCUT2D eigenvalue weighted by atomic mass is 10.1. The van der Waals surface area contributed by atoms with Crippen molar-refractivity contribution in [2.75, 3.05) is 55.9 Å². The van der Waals surface area contributed by atoms with E-state index in [4.69, 9.17) is 9.47 Å². The lowest BCUT2D eigenvalue weighted by molar-refractivity contribution is 0.262. The fraction of sp³-hybridized carbons (Fsp3) is 0.357. The summed E-state index contributed by atoms with van der Waals surface area (Å²) >= 11 is 0. The molecule has 1 saturated heterocycles. The van der Waals surface area contributed by atoms with Crippen LogP contribution in [-0.4, -0.2) is 56.3 Å². The van der Waals surface area contributed by atoms with Gasteiger partial charge in [0.1, 0.15) is 17.3 Å². The van der Waals surface area contributed by atoms with E-state index in [9.17, 15) is 4.79 Å². The Morgan fingerprint density at radius 3 is 2.28 bits per heavy atom. The van der Waals surface area contributed by atoms with Crippen LogP contribution in [0.1, 0.15) is 23.1 Å². The van der Waals surface area contributed by atoms with Crippen molar-refractivity contribution in [1.82, 2.24) is 9.88 Å². The van der Waals surface area contributed by atoms with Gasteiger partial charge in [-0.25, -0.2) is 9.78 Å². The van der Waals surface area contributed by atoms with Gasteiger partial charge in [-0.2, -0.15) is 0 Å². The van der Waals surface area contributed by atoms with Gasteiger partial charge < -0.3 is 25.0 Å². The lowest BCUT2D eigenvalue weighted by Crippen LogP contribution is -2.31. The molecule has 1 aromatic heterocycles. The summed E-state index contributed by atoms with van der Waals surface area (Å²) < 4.78 is 10.8. The fourth-order valence-corrected chi connectivity index (χ4v) is 4.51. The summed E-state index contributed by atoms with van der Waals surface area (Å²) in [4.78, 5) is 21.9. The predicted molar refractivity (Wildman–Crippen MR) is 144 cm³/mol. The number of hydrogen-bond acceptors (Lipinski definition) is 6. The topological polar surface area (TPSA) is 79.0 Å². The standard InChI is InChI=1S/C28H35N5O3/c1-20-7-5-8-21(2)27(20)31-28(34)30-23-9-10-26(29-18-23)33-12-6-11-32(13-14-33)19-22-15-24(35-3)17-25(16-22)36-4/h5,7-10,15-18H,6,11-14,19H2,1-4H3,(H2,30,31,34). The summed E-state index contributed by atoms with van der Waals surface area (Å²) in [5.41, 5.74) is 4.72. The molecule has 0 radical (unpaired) electrons. The normalized spacial score (nSPS) is 14.2. The van der Waals surface area contributed by atoms with Crippen LogP contribution in [0.3, 0.4) is 0 Å². The van der Waals surface area contributed by atoms with Gasteiger partial charge in [0.2, 0.25) is 0 Å². The summed E-state index contributed by atoms with van der Waals surface area (Å²) in [6.07, 6.45) is 2.76. The zero-order valence-electron chi connectivity index (χ0n) is 21.5. The third kappa shape index (κ3) is 6.46. The molecule has 8 heteroatoms. The molecule has 2 N–H and O–H groups in total. The number of aromatic nitrogens is 1. The van der Waals surface area contributed by atoms with Gasteiger partial charge in [-0.3, -0.25) is 4.90 Å². The van der Waals surface area contributed by atoms with Gasteiger partial charge in [-0.05, 0) is 61.2 Å². The smallest absolute Gasteiger partial charge is 0.323 e. The van der Waals surface area contributed by atoms with E-state index in [1.165, 1.54) is 5.56 Å². The maximum atomic E-state index is 12.5. The summed E-state index contributed by atoms with van der Waals surface area (Å²) in [5.74, 6) is 2.53. The Kier molecular flexibility index (Phi) is 8.28. The highest BCUT2D eigenvalue weighted by atomic mass is 16.5. The van der Waals surface area contributed by atoms with E-state index >= 15 is 0 Å². The molecule has 8 nitrogen and oxygen atoms in total. The van der Waals surface area contributed by atoms with Crippen molar-refractivity contribution in [2.24, 2.45) is 0 Å². The maximum absolute atomic E-state index is 12.5. The van der Waals surface area contributed by atoms with Gasteiger partial charge in [-0.1, -0.05) is 18.2 Å². The molecule has 2 aromatic carbocycles. The average Bonchev–Trinajstić information content (AvgIpc) is 3.12. The molecule has 0 spiro atoms. The quantitative estimate of drug-likeness (QED) is 0.482. The van der Waals surface area contributed by atoms with Gasteiger partial charge in [0.05, 0.1) is 26.1 Å². The highest BCUT2D eigenvalue weighted by Gasteiger charge is 2.17. The van der Waals surface area contributed by atoms with Crippen LogP contribution in [0.5, 0.6) is 11.5 Å². The number of methoxy groups -OCH3 is 2. The number of anilines is 3. The molecule has 3 aromatic rings. The van der Waals surface area contributed by atoms with E-state index in [1.54, 1.807) is 20.4 Å². The van der Waals surface area contributed by atoms with Gasteiger partial charge in [-0.15, -0.1) is 0 Å². The van der Waals surface area contributed by atoms with Crippen molar-refractivity contribution in [3.8, 4) is 11.5 Å². The van der Waals surface area contributed by atoms with Crippen molar-refractivity contribution in [1.29, 1.82) is 0 Å². The van der Waals surface area contributed by atoms with Crippen molar-refractivity contribution >= 4 is 23.2 Å². The van der Waals surface area contributed by atoms with Gasteiger partial charge in [0.25, 0.3) is 0 Å². The molecule has 1 fully saturated rings. The van der Waals surface area contributed by atoms with Crippen LogP contribution in [0.2, 0.25) is 0 Å². The second-order valence-corrected chi connectivity index (χ2v) is 9.09. The Morgan fingerprint density at radius 2 is 1.64 bits per heavy atom. The van der Waals surface area contributed by atoms with E-state index in [0.29, 0.717) is 5.69 Å². The molecule has 4 rings (SSSR count). The van der Waals surface area contributed by atoms with Crippen molar-refractivity contribution in [2.45, 2.75) is 26.8 Å². The number of amides is 2. The summed E-state index contributed by atoms with van der Waals surface area (Å²) in [6, 6.07) is 15.6. The number of para-hydroxylation sites is 1. The Hall–Kier alpha value is -3.78. The number of urea groups is 1. The minimum atomic E-state index is -0.276. The predicted octanol–water partition coefficient (Wildman–Crippen LogP) is 5.07. The summed E-state index contributed by atoms with van der Waals surface area (Å²) in [7, 11) is 3.35. The molecule has 1 aliphatic heterocycles. The van der Waals surface area contributed by atoms with E-state index in [-0.39, 0.29) is 6.03 Å². The first-order chi connectivity index (χ1) is 17.4. The van der Waals surface area contributed by atoms with E-state index in [2.05, 4.69) is 37.6 Å². The molecule has 0 unspecified atom stereocenters. The first-order valence-corrected chi connectivity index (χ1v) is 12.2. The van der Waals surface area contributed by atoms with E-state index in [0.717, 1.165) is 73.3 Å². The number of benzene rings is 2. The van der Waals surface area contributed by atoms with Crippen LogP contribution in [-0.2, 0) is 6.54 Å². The highest BCUT2D eigenvalue weighted by Crippen LogP contribution is 2.24. The van der Waals surface area contributed by atoms with Crippen LogP contribution < -0.4 is 25.0 Å². The van der Waals surface area contributed by atoms with Crippen molar-refractivity contribution in [3.05, 3.63) is 71.4 Å². The monoisotopic (exact) mass is 489 g/mol. The Labute approximate surface area is 213 Å². The van der Waals surface area contributed by atoms with E-state index < -0.39 is 0 Å². The highest BCUT2D eigenvalue weighted by molar-refractivity contribution is 6.00. The summed E-state index contributed by atoms with van der Waals surface area (Å²) in [5, 5.41) is 5.82. The number of carbonyl (C=O) groups is 1. The SMILES string of the molecule is COc1cc(CN2CCCN(c3ccc(NC(=O)Nc4c(C)cccc4C)cn3)CC2)cc(OC)c1. The first kappa shape index (κ1) is 25.3. The summed E-state index contributed by atoms with van der Waals surface area (Å²) in [6.45, 7) is 8.56. The van der Waals surface area contributed by atoms with E-state index in [1.807, 2.05) is 50.2 Å². The van der Waals surface area contributed by atoms with Crippen LogP contribution >= 0.6 is 0 Å². The minimum Gasteiger partial charge on any atom is -0.497 e. The molecule has 1 aliphatic rings. The van der Waals surface area contributed by atoms with Crippen LogP contribution in [0.15, 0.2) is 54.7 Å². The Bertz CT molecular complexity index is 1140. The molecular formula is C28H35N5O3. The van der Waals surface area contributed by atoms with Crippen molar-refractivity contribution in [3.63, 3.8) is 0 Å². The van der Waals surface area contributed by atoms with Gasteiger partial charge >= 0.3 is 6.03 Å². The molecular weight excluding hydrogens is 454 g/mol. The average molecular weight is 490 g/mol. The van der Waals surface area contributed by atoms with Crippen LogP contribution in [0.25, 0.3) is 0 Å². The molecule has 2 heterocycles. The van der Waals surface area contributed by atoms with Crippen LogP contribution in [0.4, 0.5) is 22.0 Å². The number of ether oxygens (including phenoxy) is 2. The lowest BCUT2D eigenvalue weighted by Gasteiger charge is -2.23. The molecule has 0 bridgehead atoms. The number of carbonyl (C=O) groups excluding carboxylic acids is 1. The second-order valence-electron chi connectivity index (χ2n) is 9.09.